The first kappa shape index (κ1) is 14.9. The monoisotopic (exact) mass is 244 g/mol. The SMILES string of the molecule is COCCCOCCN1C(C)CCCC1CN. The fourth-order valence-electron chi connectivity index (χ4n) is 2.57. The maximum Gasteiger partial charge on any atom is 0.0593 e. The molecule has 4 nitrogen and oxygen atoms in total. The van der Waals surface area contributed by atoms with Gasteiger partial charge in [-0.3, -0.25) is 4.90 Å². The summed E-state index contributed by atoms with van der Waals surface area (Å²) in [4.78, 5) is 2.51. The maximum absolute atomic E-state index is 5.83. The van der Waals surface area contributed by atoms with Gasteiger partial charge >= 0.3 is 0 Å². The molecule has 0 aromatic carbocycles. The second-order valence-electron chi connectivity index (χ2n) is 4.87. The van der Waals surface area contributed by atoms with Crippen molar-refractivity contribution in [2.75, 3.05) is 40.0 Å². The summed E-state index contributed by atoms with van der Waals surface area (Å²) < 4.78 is 10.6. The van der Waals surface area contributed by atoms with E-state index in [2.05, 4.69) is 11.8 Å². The molecule has 1 rings (SSSR count). The van der Waals surface area contributed by atoms with Crippen LogP contribution in [-0.4, -0.2) is 57.0 Å². The minimum atomic E-state index is 0.557. The van der Waals surface area contributed by atoms with Crippen molar-refractivity contribution in [3.8, 4) is 0 Å². The van der Waals surface area contributed by atoms with Crippen LogP contribution in [-0.2, 0) is 9.47 Å². The Bertz CT molecular complexity index is 190. The Morgan fingerprint density at radius 3 is 2.76 bits per heavy atom. The molecule has 2 N–H and O–H groups in total. The standard InChI is InChI=1S/C13H28N2O2/c1-12-5-3-6-13(11-14)15(12)7-10-17-9-4-8-16-2/h12-13H,3-11,14H2,1-2H3. The van der Waals surface area contributed by atoms with Crippen molar-refractivity contribution in [3.05, 3.63) is 0 Å². The molecule has 1 aliphatic rings. The van der Waals surface area contributed by atoms with E-state index in [9.17, 15) is 0 Å². The van der Waals surface area contributed by atoms with Gasteiger partial charge in [0.2, 0.25) is 0 Å². The summed E-state index contributed by atoms with van der Waals surface area (Å²) in [6.45, 7) is 6.47. The van der Waals surface area contributed by atoms with Crippen molar-refractivity contribution in [1.82, 2.24) is 4.90 Å². The number of ether oxygens (including phenoxy) is 2. The first-order valence-electron chi connectivity index (χ1n) is 6.82. The van der Waals surface area contributed by atoms with Crippen LogP contribution in [0.2, 0.25) is 0 Å². The fourth-order valence-corrected chi connectivity index (χ4v) is 2.57. The van der Waals surface area contributed by atoms with Gasteiger partial charge in [0, 0.05) is 45.5 Å². The molecular weight excluding hydrogens is 216 g/mol. The summed E-state index contributed by atoms with van der Waals surface area (Å²) in [5.74, 6) is 0. The van der Waals surface area contributed by atoms with E-state index in [0.29, 0.717) is 12.1 Å². The molecule has 17 heavy (non-hydrogen) atoms. The molecule has 1 fully saturated rings. The highest BCUT2D eigenvalue weighted by molar-refractivity contribution is 4.82. The lowest BCUT2D eigenvalue weighted by atomic mass is 9.96. The van der Waals surface area contributed by atoms with Crippen molar-refractivity contribution in [2.24, 2.45) is 5.73 Å². The van der Waals surface area contributed by atoms with E-state index in [1.807, 2.05) is 0 Å². The minimum absolute atomic E-state index is 0.557. The third-order valence-corrected chi connectivity index (χ3v) is 3.60. The van der Waals surface area contributed by atoms with Gasteiger partial charge < -0.3 is 15.2 Å². The maximum atomic E-state index is 5.83. The molecule has 0 aromatic heterocycles. The number of hydrogen-bond acceptors (Lipinski definition) is 4. The Hall–Kier alpha value is -0.160. The molecule has 2 atom stereocenters. The van der Waals surface area contributed by atoms with Crippen LogP contribution in [0.3, 0.4) is 0 Å². The van der Waals surface area contributed by atoms with Gasteiger partial charge in [-0.1, -0.05) is 6.42 Å². The van der Waals surface area contributed by atoms with Crippen LogP contribution in [0.5, 0.6) is 0 Å². The van der Waals surface area contributed by atoms with Crippen molar-refractivity contribution in [2.45, 2.75) is 44.7 Å². The normalized spacial score (nSPS) is 26.3. The highest BCUT2D eigenvalue weighted by atomic mass is 16.5. The van der Waals surface area contributed by atoms with E-state index in [-0.39, 0.29) is 0 Å². The van der Waals surface area contributed by atoms with Crippen LogP contribution in [0, 0.1) is 0 Å². The first-order chi connectivity index (χ1) is 8.29. The van der Waals surface area contributed by atoms with Crippen LogP contribution in [0.15, 0.2) is 0 Å². The van der Waals surface area contributed by atoms with E-state index in [1.54, 1.807) is 7.11 Å². The van der Waals surface area contributed by atoms with Crippen molar-refractivity contribution < 1.29 is 9.47 Å². The van der Waals surface area contributed by atoms with Gasteiger partial charge in [-0.25, -0.2) is 0 Å². The predicted octanol–water partition coefficient (Wildman–Crippen LogP) is 1.24. The molecule has 1 aliphatic heterocycles. The second-order valence-corrected chi connectivity index (χ2v) is 4.87. The van der Waals surface area contributed by atoms with Gasteiger partial charge in [-0.2, -0.15) is 0 Å². The summed E-state index contributed by atoms with van der Waals surface area (Å²) in [5.41, 5.74) is 5.83. The van der Waals surface area contributed by atoms with E-state index in [0.717, 1.165) is 39.3 Å². The first-order valence-corrected chi connectivity index (χ1v) is 6.82. The van der Waals surface area contributed by atoms with Gasteiger partial charge in [0.15, 0.2) is 0 Å². The van der Waals surface area contributed by atoms with Crippen LogP contribution in [0.4, 0.5) is 0 Å². The Kier molecular flexibility index (Phi) is 7.77. The topological polar surface area (TPSA) is 47.7 Å². The molecule has 0 spiro atoms. The summed E-state index contributed by atoms with van der Waals surface area (Å²) in [5, 5.41) is 0. The van der Waals surface area contributed by atoms with Gasteiger partial charge in [0.1, 0.15) is 0 Å². The zero-order valence-electron chi connectivity index (χ0n) is 11.4. The average Bonchev–Trinajstić information content (AvgIpc) is 2.35. The average molecular weight is 244 g/mol. The molecule has 0 bridgehead atoms. The molecule has 0 aromatic rings. The van der Waals surface area contributed by atoms with Crippen molar-refractivity contribution in [3.63, 3.8) is 0 Å². The molecule has 0 saturated carbocycles. The number of piperidine rings is 1. The molecule has 0 aliphatic carbocycles. The lowest BCUT2D eigenvalue weighted by Gasteiger charge is -2.40. The Labute approximate surface area is 105 Å². The number of likely N-dealkylation sites (tertiary alicyclic amines) is 1. The summed E-state index contributed by atoms with van der Waals surface area (Å²) >= 11 is 0. The van der Waals surface area contributed by atoms with Crippen molar-refractivity contribution >= 4 is 0 Å². The van der Waals surface area contributed by atoms with E-state index < -0.39 is 0 Å². The Morgan fingerprint density at radius 2 is 2.06 bits per heavy atom. The molecule has 0 radical (unpaired) electrons. The zero-order chi connectivity index (χ0) is 12.5. The molecular formula is C13H28N2O2. The fraction of sp³-hybridized carbons (Fsp3) is 1.00. The number of nitrogens with two attached hydrogens (primary N) is 1. The zero-order valence-corrected chi connectivity index (χ0v) is 11.4. The summed E-state index contributed by atoms with van der Waals surface area (Å²) in [6.07, 6.45) is 4.82. The Balaban J connectivity index is 2.14. The Morgan fingerprint density at radius 1 is 1.24 bits per heavy atom. The minimum Gasteiger partial charge on any atom is -0.385 e. The largest absolute Gasteiger partial charge is 0.385 e. The van der Waals surface area contributed by atoms with E-state index in [4.69, 9.17) is 15.2 Å². The lowest BCUT2D eigenvalue weighted by molar-refractivity contribution is 0.0404. The molecule has 1 saturated heterocycles. The predicted molar refractivity (Wildman–Crippen MR) is 70.2 cm³/mol. The van der Waals surface area contributed by atoms with Gasteiger partial charge in [-0.15, -0.1) is 0 Å². The molecule has 0 amide bonds. The highest BCUT2D eigenvalue weighted by Crippen LogP contribution is 2.21. The molecule has 1 heterocycles. The van der Waals surface area contributed by atoms with Gasteiger partial charge in [0.25, 0.3) is 0 Å². The van der Waals surface area contributed by atoms with Gasteiger partial charge in [-0.05, 0) is 26.2 Å². The molecule has 4 heteroatoms. The number of hydrogen-bond donors (Lipinski definition) is 1. The van der Waals surface area contributed by atoms with Crippen LogP contribution in [0.25, 0.3) is 0 Å². The number of methoxy groups -OCH3 is 1. The lowest BCUT2D eigenvalue weighted by Crippen LogP contribution is -2.50. The number of nitrogens with zero attached hydrogens (tertiary/aromatic N) is 1. The highest BCUT2D eigenvalue weighted by Gasteiger charge is 2.26. The smallest absolute Gasteiger partial charge is 0.0593 e. The van der Waals surface area contributed by atoms with E-state index in [1.165, 1.54) is 19.3 Å². The molecule has 102 valence electrons. The van der Waals surface area contributed by atoms with Crippen molar-refractivity contribution in [1.29, 1.82) is 0 Å². The third-order valence-electron chi connectivity index (χ3n) is 3.60. The van der Waals surface area contributed by atoms with Crippen LogP contribution < -0.4 is 5.73 Å². The second kappa shape index (κ2) is 8.86. The van der Waals surface area contributed by atoms with Crippen LogP contribution >= 0.6 is 0 Å². The quantitative estimate of drug-likeness (QED) is 0.653. The van der Waals surface area contributed by atoms with Gasteiger partial charge in [0.05, 0.1) is 6.61 Å². The van der Waals surface area contributed by atoms with E-state index >= 15 is 0 Å². The summed E-state index contributed by atoms with van der Waals surface area (Å²) in [7, 11) is 1.72. The number of rotatable bonds is 8. The summed E-state index contributed by atoms with van der Waals surface area (Å²) in [6, 6.07) is 1.21. The third kappa shape index (κ3) is 5.34. The molecule has 2 unspecified atom stereocenters. The van der Waals surface area contributed by atoms with Crippen LogP contribution in [0.1, 0.15) is 32.6 Å².